The van der Waals surface area contributed by atoms with E-state index in [0.717, 1.165) is 32.5 Å². The Morgan fingerprint density at radius 3 is 2.53 bits per heavy atom. The molecule has 2 aliphatic rings. The van der Waals surface area contributed by atoms with Crippen LogP contribution < -0.4 is 0 Å². The summed E-state index contributed by atoms with van der Waals surface area (Å²) in [7, 11) is 2.10. The molecular formula is C11H20N2O2. The van der Waals surface area contributed by atoms with Crippen molar-refractivity contribution in [2.75, 3.05) is 26.7 Å². The minimum absolute atomic E-state index is 0.228. The van der Waals surface area contributed by atoms with Gasteiger partial charge in [0.15, 0.2) is 0 Å². The van der Waals surface area contributed by atoms with Gasteiger partial charge < -0.3 is 10.0 Å². The number of carboxylic acids is 1. The summed E-state index contributed by atoms with van der Waals surface area (Å²) in [6, 6.07) is 0.138. The first kappa shape index (κ1) is 10.9. The van der Waals surface area contributed by atoms with E-state index in [2.05, 4.69) is 23.8 Å². The van der Waals surface area contributed by atoms with Crippen LogP contribution >= 0.6 is 0 Å². The Morgan fingerprint density at radius 1 is 1.40 bits per heavy atom. The molecule has 2 unspecified atom stereocenters. The third kappa shape index (κ3) is 2.32. The first-order valence-electron chi connectivity index (χ1n) is 5.76. The quantitative estimate of drug-likeness (QED) is 0.739. The molecule has 2 rings (SSSR count). The second kappa shape index (κ2) is 4.10. The molecule has 15 heavy (non-hydrogen) atoms. The van der Waals surface area contributed by atoms with E-state index in [1.807, 2.05) is 0 Å². The van der Waals surface area contributed by atoms with Crippen LogP contribution in [-0.4, -0.2) is 59.6 Å². The van der Waals surface area contributed by atoms with E-state index in [-0.39, 0.29) is 6.04 Å². The minimum atomic E-state index is -0.631. The SMILES string of the molecule is CC1CN(C)CCN1C(C(=O)O)C1CC1. The monoisotopic (exact) mass is 212 g/mol. The number of piperazine rings is 1. The van der Waals surface area contributed by atoms with E-state index >= 15 is 0 Å². The Labute approximate surface area is 90.9 Å². The lowest BCUT2D eigenvalue weighted by atomic mass is 10.1. The highest BCUT2D eigenvalue weighted by molar-refractivity contribution is 5.74. The van der Waals surface area contributed by atoms with Crippen LogP contribution in [0, 0.1) is 5.92 Å². The predicted molar refractivity (Wildman–Crippen MR) is 57.8 cm³/mol. The standard InChI is InChI=1S/C11H20N2O2/c1-8-7-12(2)5-6-13(8)10(11(14)15)9-3-4-9/h8-10H,3-7H2,1-2H3,(H,14,15). The maximum Gasteiger partial charge on any atom is 0.321 e. The molecule has 1 saturated carbocycles. The van der Waals surface area contributed by atoms with Gasteiger partial charge >= 0.3 is 5.97 Å². The number of aliphatic carboxylic acids is 1. The van der Waals surface area contributed by atoms with Gasteiger partial charge in [0.1, 0.15) is 6.04 Å². The second-order valence-corrected chi connectivity index (χ2v) is 4.97. The summed E-state index contributed by atoms with van der Waals surface area (Å²) in [5.74, 6) is -0.220. The third-order valence-electron chi connectivity index (χ3n) is 3.56. The van der Waals surface area contributed by atoms with Gasteiger partial charge in [-0.25, -0.2) is 0 Å². The molecule has 1 aliphatic heterocycles. The molecular weight excluding hydrogens is 192 g/mol. The van der Waals surface area contributed by atoms with Gasteiger partial charge in [-0.2, -0.15) is 0 Å². The predicted octanol–water partition coefficient (Wildman–Crippen LogP) is 0.485. The Balaban J connectivity index is 2.03. The minimum Gasteiger partial charge on any atom is -0.480 e. The number of carboxylic acid groups (broad SMARTS) is 1. The highest BCUT2D eigenvalue weighted by Gasteiger charge is 2.42. The van der Waals surface area contributed by atoms with Gasteiger partial charge in [0.05, 0.1) is 0 Å². The maximum atomic E-state index is 11.3. The number of hydrogen-bond acceptors (Lipinski definition) is 3. The molecule has 0 bridgehead atoms. The molecule has 1 heterocycles. The summed E-state index contributed by atoms with van der Waals surface area (Å²) in [5, 5.41) is 9.26. The first-order chi connectivity index (χ1) is 7.09. The zero-order chi connectivity index (χ0) is 11.0. The van der Waals surface area contributed by atoms with E-state index in [4.69, 9.17) is 0 Å². The van der Waals surface area contributed by atoms with Crippen molar-refractivity contribution in [3.63, 3.8) is 0 Å². The number of nitrogens with zero attached hydrogens (tertiary/aromatic N) is 2. The molecule has 0 radical (unpaired) electrons. The van der Waals surface area contributed by atoms with Crippen molar-refractivity contribution in [3.8, 4) is 0 Å². The molecule has 0 aromatic carbocycles. The smallest absolute Gasteiger partial charge is 0.321 e. The molecule has 86 valence electrons. The summed E-state index contributed by atoms with van der Waals surface area (Å²) in [6.07, 6.45) is 2.19. The maximum absolute atomic E-state index is 11.3. The lowest BCUT2D eigenvalue weighted by Crippen LogP contribution is -2.57. The second-order valence-electron chi connectivity index (χ2n) is 4.97. The molecule has 4 nitrogen and oxygen atoms in total. The van der Waals surface area contributed by atoms with Crippen molar-refractivity contribution in [3.05, 3.63) is 0 Å². The van der Waals surface area contributed by atoms with Crippen LogP contribution in [0.5, 0.6) is 0 Å². The van der Waals surface area contributed by atoms with Crippen molar-refractivity contribution in [2.45, 2.75) is 31.8 Å². The van der Waals surface area contributed by atoms with Gasteiger partial charge in [-0.15, -0.1) is 0 Å². The van der Waals surface area contributed by atoms with Crippen LogP contribution in [0.25, 0.3) is 0 Å². The van der Waals surface area contributed by atoms with Crippen molar-refractivity contribution in [2.24, 2.45) is 5.92 Å². The van der Waals surface area contributed by atoms with Crippen LogP contribution in [0.2, 0.25) is 0 Å². The summed E-state index contributed by atoms with van der Waals surface area (Å²) in [4.78, 5) is 15.7. The molecule has 0 aromatic heterocycles. The van der Waals surface area contributed by atoms with Gasteiger partial charge in [0.25, 0.3) is 0 Å². The Hall–Kier alpha value is -0.610. The molecule has 2 fully saturated rings. The lowest BCUT2D eigenvalue weighted by molar-refractivity contribution is -0.146. The molecule has 0 spiro atoms. The topological polar surface area (TPSA) is 43.8 Å². The number of carbonyl (C=O) groups is 1. The van der Waals surface area contributed by atoms with Gasteiger partial charge in [-0.3, -0.25) is 9.69 Å². The summed E-state index contributed by atoms with van der Waals surface area (Å²) >= 11 is 0. The molecule has 4 heteroatoms. The van der Waals surface area contributed by atoms with Gasteiger partial charge in [-0.1, -0.05) is 0 Å². The number of rotatable bonds is 3. The highest BCUT2D eigenvalue weighted by Crippen LogP contribution is 2.36. The van der Waals surface area contributed by atoms with E-state index < -0.39 is 5.97 Å². The van der Waals surface area contributed by atoms with Crippen LogP contribution in [-0.2, 0) is 4.79 Å². The fourth-order valence-corrected chi connectivity index (χ4v) is 2.59. The van der Waals surface area contributed by atoms with E-state index in [1.54, 1.807) is 0 Å². The summed E-state index contributed by atoms with van der Waals surface area (Å²) in [6.45, 7) is 5.00. The van der Waals surface area contributed by atoms with Gasteiger partial charge in [-0.05, 0) is 32.7 Å². The molecule has 0 amide bonds. The van der Waals surface area contributed by atoms with E-state index in [0.29, 0.717) is 12.0 Å². The Kier molecular flexibility index (Phi) is 2.98. The number of likely N-dealkylation sites (N-methyl/N-ethyl adjacent to an activating group) is 1. The Bertz CT molecular complexity index is 253. The van der Waals surface area contributed by atoms with E-state index in [1.165, 1.54) is 0 Å². The van der Waals surface area contributed by atoms with Crippen LogP contribution in [0.15, 0.2) is 0 Å². The first-order valence-corrected chi connectivity index (χ1v) is 5.76. The van der Waals surface area contributed by atoms with Crippen molar-refractivity contribution >= 4 is 5.97 Å². The van der Waals surface area contributed by atoms with Crippen molar-refractivity contribution in [1.82, 2.24) is 9.80 Å². The molecule has 1 N–H and O–H groups in total. The van der Waals surface area contributed by atoms with Crippen LogP contribution in [0.4, 0.5) is 0 Å². The fourth-order valence-electron chi connectivity index (χ4n) is 2.59. The summed E-state index contributed by atoms with van der Waals surface area (Å²) in [5.41, 5.74) is 0. The van der Waals surface area contributed by atoms with Crippen molar-refractivity contribution in [1.29, 1.82) is 0 Å². The highest BCUT2D eigenvalue weighted by atomic mass is 16.4. The summed E-state index contributed by atoms with van der Waals surface area (Å²) < 4.78 is 0. The van der Waals surface area contributed by atoms with E-state index in [9.17, 15) is 9.90 Å². The number of hydrogen-bond donors (Lipinski definition) is 1. The largest absolute Gasteiger partial charge is 0.480 e. The average Bonchev–Trinajstić information content (AvgIpc) is 2.92. The Morgan fingerprint density at radius 2 is 2.07 bits per heavy atom. The molecule has 1 aliphatic carbocycles. The van der Waals surface area contributed by atoms with Crippen LogP contribution in [0.1, 0.15) is 19.8 Å². The average molecular weight is 212 g/mol. The lowest BCUT2D eigenvalue weighted by Gasteiger charge is -2.41. The third-order valence-corrected chi connectivity index (χ3v) is 3.56. The van der Waals surface area contributed by atoms with Crippen molar-refractivity contribution < 1.29 is 9.90 Å². The zero-order valence-corrected chi connectivity index (χ0v) is 9.52. The molecule has 2 atom stereocenters. The molecule has 0 aromatic rings. The van der Waals surface area contributed by atoms with Gasteiger partial charge in [0, 0.05) is 25.7 Å². The normalized spacial score (nSPS) is 31.5. The zero-order valence-electron chi connectivity index (χ0n) is 9.52. The molecule has 1 saturated heterocycles. The van der Waals surface area contributed by atoms with Gasteiger partial charge in [0.2, 0.25) is 0 Å². The van der Waals surface area contributed by atoms with Crippen LogP contribution in [0.3, 0.4) is 0 Å². The fraction of sp³-hybridized carbons (Fsp3) is 0.909.